The number of nitrogens with zero attached hydrogens (tertiary/aromatic N) is 2. The van der Waals surface area contributed by atoms with Crippen molar-refractivity contribution in [3.8, 4) is 11.5 Å². The molecular formula is C20H23N3O4. The fourth-order valence-electron chi connectivity index (χ4n) is 3.13. The number of benzene rings is 1. The third-order valence-corrected chi connectivity index (χ3v) is 4.58. The van der Waals surface area contributed by atoms with Gasteiger partial charge in [-0.05, 0) is 24.3 Å². The highest BCUT2D eigenvalue weighted by Crippen LogP contribution is 2.36. The first kappa shape index (κ1) is 18.7. The van der Waals surface area contributed by atoms with Crippen molar-refractivity contribution < 1.29 is 19.1 Å². The summed E-state index contributed by atoms with van der Waals surface area (Å²) in [5.41, 5.74) is 1.54. The lowest BCUT2D eigenvalue weighted by Crippen LogP contribution is -2.34. The number of ether oxygens (including phenoxy) is 2. The van der Waals surface area contributed by atoms with E-state index in [0.29, 0.717) is 36.7 Å². The fourth-order valence-corrected chi connectivity index (χ4v) is 3.13. The third-order valence-electron chi connectivity index (χ3n) is 4.58. The quantitative estimate of drug-likeness (QED) is 0.805. The van der Waals surface area contributed by atoms with Crippen molar-refractivity contribution in [2.24, 2.45) is 5.92 Å². The maximum absolute atomic E-state index is 12.5. The lowest BCUT2D eigenvalue weighted by Gasteiger charge is -2.20. The van der Waals surface area contributed by atoms with Gasteiger partial charge >= 0.3 is 0 Å². The number of carbonyl (C=O) groups excluding carboxylic acids is 2. The number of amides is 2. The van der Waals surface area contributed by atoms with Gasteiger partial charge in [0.15, 0.2) is 0 Å². The average molecular weight is 369 g/mol. The normalized spacial score (nSPS) is 16.3. The van der Waals surface area contributed by atoms with Crippen LogP contribution < -0.4 is 19.7 Å². The minimum absolute atomic E-state index is 0.105. The van der Waals surface area contributed by atoms with Crippen LogP contribution in [0.2, 0.25) is 0 Å². The summed E-state index contributed by atoms with van der Waals surface area (Å²) in [6.07, 6.45) is 2.56. The van der Waals surface area contributed by atoms with Gasteiger partial charge in [0.1, 0.15) is 11.5 Å². The largest absolute Gasteiger partial charge is 0.497 e. The summed E-state index contributed by atoms with van der Waals surface area (Å²) in [5, 5.41) is 2.90. The summed E-state index contributed by atoms with van der Waals surface area (Å²) in [5.74, 6) is 0.578. The van der Waals surface area contributed by atoms with E-state index in [2.05, 4.69) is 10.3 Å². The minimum Gasteiger partial charge on any atom is -0.497 e. The number of anilines is 1. The Hall–Kier alpha value is -3.09. The van der Waals surface area contributed by atoms with Crippen LogP contribution in [-0.4, -0.2) is 44.1 Å². The van der Waals surface area contributed by atoms with Gasteiger partial charge in [0.05, 0.1) is 25.8 Å². The second-order valence-electron chi connectivity index (χ2n) is 6.31. The molecule has 2 amide bonds. The lowest BCUT2D eigenvalue weighted by atomic mass is 10.1. The van der Waals surface area contributed by atoms with Crippen LogP contribution in [0.4, 0.5) is 5.69 Å². The van der Waals surface area contributed by atoms with Gasteiger partial charge in [-0.3, -0.25) is 14.6 Å². The zero-order valence-corrected chi connectivity index (χ0v) is 15.5. The standard InChI is InChI=1S/C20H23N3O4/c1-26-16-6-7-18(27-2)17(12-16)23-13-14(11-19(23)24)20(25)22-10-8-15-5-3-4-9-21-15/h3-7,9,12,14H,8,10-11,13H2,1-2H3,(H,22,25)/t14-/m0/s1. The molecule has 2 heterocycles. The molecule has 142 valence electrons. The van der Waals surface area contributed by atoms with Crippen LogP contribution in [0.25, 0.3) is 0 Å². The van der Waals surface area contributed by atoms with Gasteiger partial charge in [0.2, 0.25) is 11.8 Å². The highest BCUT2D eigenvalue weighted by atomic mass is 16.5. The van der Waals surface area contributed by atoms with Crippen molar-refractivity contribution in [1.82, 2.24) is 10.3 Å². The predicted molar refractivity (Wildman–Crippen MR) is 101 cm³/mol. The zero-order chi connectivity index (χ0) is 19.2. The first-order valence-corrected chi connectivity index (χ1v) is 8.82. The van der Waals surface area contributed by atoms with Gasteiger partial charge in [-0.2, -0.15) is 0 Å². The van der Waals surface area contributed by atoms with Crippen LogP contribution >= 0.6 is 0 Å². The molecule has 0 radical (unpaired) electrons. The van der Waals surface area contributed by atoms with Gasteiger partial charge in [-0.1, -0.05) is 6.07 Å². The number of rotatable bonds is 7. The Labute approximate surface area is 158 Å². The molecule has 0 aliphatic carbocycles. The SMILES string of the molecule is COc1ccc(OC)c(N2C[C@@H](C(=O)NCCc3ccccn3)CC2=O)c1. The number of methoxy groups -OCH3 is 2. The monoisotopic (exact) mass is 369 g/mol. The molecule has 2 aromatic rings. The summed E-state index contributed by atoms with van der Waals surface area (Å²) >= 11 is 0. The zero-order valence-electron chi connectivity index (χ0n) is 15.5. The van der Waals surface area contributed by atoms with E-state index in [9.17, 15) is 9.59 Å². The Bertz CT molecular complexity index is 810. The van der Waals surface area contributed by atoms with E-state index < -0.39 is 5.92 Å². The number of aromatic nitrogens is 1. The summed E-state index contributed by atoms with van der Waals surface area (Å²) < 4.78 is 10.6. The highest BCUT2D eigenvalue weighted by Gasteiger charge is 2.36. The Morgan fingerprint density at radius 1 is 1.26 bits per heavy atom. The molecule has 27 heavy (non-hydrogen) atoms. The molecule has 7 nitrogen and oxygen atoms in total. The van der Waals surface area contributed by atoms with Gasteiger partial charge in [0, 0.05) is 43.9 Å². The summed E-state index contributed by atoms with van der Waals surface area (Å²) in [6, 6.07) is 11.0. The van der Waals surface area contributed by atoms with Gasteiger partial charge < -0.3 is 19.7 Å². The average Bonchev–Trinajstić information content (AvgIpc) is 3.09. The van der Waals surface area contributed by atoms with E-state index in [4.69, 9.17) is 9.47 Å². The summed E-state index contributed by atoms with van der Waals surface area (Å²) in [7, 11) is 3.11. The van der Waals surface area contributed by atoms with E-state index >= 15 is 0 Å². The molecule has 0 saturated carbocycles. The second kappa shape index (κ2) is 8.53. The molecule has 3 rings (SSSR count). The molecule has 1 atom stereocenters. The number of nitrogens with one attached hydrogen (secondary N) is 1. The van der Waals surface area contributed by atoms with E-state index in [1.54, 1.807) is 43.5 Å². The van der Waals surface area contributed by atoms with Gasteiger partial charge in [0.25, 0.3) is 0 Å². The van der Waals surface area contributed by atoms with Crippen LogP contribution in [0.15, 0.2) is 42.6 Å². The maximum Gasteiger partial charge on any atom is 0.227 e. The van der Waals surface area contributed by atoms with Gasteiger partial charge in [-0.15, -0.1) is 0 Å². The molecule has 1 aromatic carbocycles. The van der Waals surface area contributed by atoms with Gasteiger partial charge in [-0.25, -0.2) is 0 Å². The van der Waals surface area contributed by atoms with Crippen molar-refractivity contribution in [2.75, 3.05) is 32.2 Å². The Kier molecular flexibility index (Phi) is 5.90. The number of hydrogen-bond acceptors (Lipinski definition) is 5. The molecule has 1 fully saturated rings. The summed E-state index contributed by atoms with van der Waals surface area (Å²) in [4.78, 5) is 30.8. The molecule has 1 aromatic heterocycles. The van der Waals surface area contributed by atoms with E-state index in [1.165, 1.54) is 0 Å². The molecule has 1 aliphatic rings. The minimum atomic E-state index is -0.392. The Balaban J connectivity index is 1.62. The molecule has 1 N–H and O–H groups in total. The highest BCUT2D eigenvalue weighted by molar-refractivity contribution is 6.01. The molecule has 1 saturated heterocycles. The lowest BCUT2D eigenvalue weighted by molar-refractivity contribution is -0.126. The number of carbonyl (C=O) groups is 2. The summed E-state index contributed by atoms with van der Waals surface area (Å²) in [6.45, 7) is 0.806. The van der Waals surface area contributed by atoms with Crippen LogP contribution in [0.3, 0.4) is 0 Å². The molecule has 0 bridgehead atoms. The topological polar surface area (TPSA) is 80.8 Å². The second-order valence-corrected chi connectivity index (χ2v) is 6.31. The van der Waals surface area contributed by atoms with Crippen molar-refractivity contribution in [2.45, 2.75) is 12.8 Å². The number of pyridine rings is 1. The van der Waals surface area contributed by atoms with Crippen LogP contribution in [-0.2, 0) is 16.0 Å². The van der Waals surface area contributed by atoms with Crippen molar-refractivity contribution >= 4 is 17.5 Å². The van der Waals surface area contributed by atoms with Crippen LogP contribution in [0.5, 0.6) is 11.5 Å². The molecule has 1 aliphatic heterocycles. The van der Waals surface area contributed by atoms with E-state index in [0.717, 1.165) is 5.69 Å². The van der Waals surface area contributed by atoms with Crippen molar-refractivity contribution in [3.05, 3.63) is 48.3 Å². The van der Waals surface area contributed by atoms with Crippen LogP contribution in [0.1, 0.15) is 12.1 Å². The Morgan fingerprint density at radius 2 is 2.11 bits per heavy atom. The molecule has 0 unspecified atom stereocenters. The first-order valence-electron chi connectivity index (χ1n) is 8.82. The van der Waals surface area contributed by atoms with Crippen molar-refractivity contribution in [1.29, 1.82) is 0 Å². The molecular weight excluding hydrogens is 346 g/mol. The Morgan fingerprint density at radius 3 is 2.81 bits per heavy atom. The van der Waals surface area contributed by atoms with Crippen LogP contribution in [0, 0.1) is 5.92 Å². The number of hydrogen-bond donors (Lipinski definition) is 1. The third kappa shape index (κ3) is 4.36. The molecule has 7 heteroatoms. The van der Waals surface area contributed by atoms with E-state index in [1.807, 2.05) is 18.2 Å². The molecule has 0 spiro atoms. The first-order chi connectivity index (χ1) is 13.1. The van der Waals surface area contributed by atoms with E-state index in [-0.39, 0.29) is 18.2 Å². The predicted octanol–water partition coefficient (Wildman–Crippen LogP) is 1.81. The maximum atomic E-state index is 12.5. The fraction of sp³-hybridized carbons (Fsp3) is 0.350. The smallest absolute Gasteiger partial charge is 0.227 e. The van der Waals surface area contributed by atoms with Crippen molar-refractivity contribution in [3.63, 3.8) is 0 Å².